The molecule has 0 amide bonds. The third-order valence-corrected chi connectivity index (χ3v) is 5.80. The predicted octanol–water partition coefficient (Wildman–Crippen LogP) is 1.96. The number of aryl methyl sites for hydroxylation is 2. The zero-order chi connectivity index (χ0) is 18.0. The number of carboxylic acids is 1. The van der Waals surface area contributed by atoms with Gasteiger partial charge in [-0.05, 0) is 56.1 Å². The molecule has 2 aliphatic rings. The summed E-state index contributed by atoms with van der Waals surface area (Å²) in [4.78, 5) is 18.4. The van der Waals surface area contributed by atoms with Gasteiger partial charge in [-0.25, -0.2) is 0 Å². The van der Waals surface area contributed by atoms with Crippen LogP contribution in [0.15, 0.2) is 12.1 Å². The molecule has 1 N–H and O–H groups in total. The quantitative estimate of drug-likeness (QED) is 0.884. The molecule has 0 aromatic heterocycles. The molecule has 0 spiro atoms. The lowest BCUT2D eigenvalue weighted by Gasteiger charge is -2.33. The first-order chi connectivity index (χ1) is 11.9. The fourth-order valence-electron chi connectivity index (χ4n) is 3.95. The smallest absolute Gasteiger partial charge is 0.307 e. The number of benzene rings is 1. The Balaban J connectivity index is 1.67. The van der Waals surface area contributed by atoms with Crippen LogP contribution in [0.25, 0.3) is 0 Å². The van der Waals surface area contributed by atoms with Crippen molar-refractivity contribution < 1.29 is 9.90 Å². The maximum atomic E-state index is 11.2. The molecule has 2 heterocycles. The molecule has 2 fully saturated rings. The van der Waals surface area contributed by atoms with Gasteiger partial charge < -0.3 is 10.0 Å². The van der Waals surface area contributed by atoms with Gasteiger partial charge in [0.05, 0.1) is 5.92 Å². The van der Waals surface area contributed by atoms with Crippen LogP contribution in [0.5, 0.6) is 0 Å². The largest absolute Gasteiger partial charge is 0.481 e. The van der Waals surface area contributed by atoms with Gasteiger partial charge in [0.2, 0.25) is 0 Å². The lowest BCUT2D eigenvalue weighted by molar-refractivity contribution is -0.141. The van der Waals surface area contributed by atoms with Gasteiger partial charge in [-0.3, -0.25) is 14.6 Å². The molecule has 3 rings (SSSR count). The van der Waals surface area contributed by atoms with Crippen molar-refractivity contribution in [3.05, 3.63) is 34.4 Å². The predicted molar refractivity (Wildman–Crippen MR) is 99.7 cm³/mol. The Morgan fingerprint density at radius 1 is 1.00 bits per heavy atom. The Kier molecular flexibility index (Phi) is 5.77. The van der Waals surface area contributed by atoms with Crippen LogP contribution in [-0.2, 0) is 17.9 Å². The van der Waals surface area contributed by atoms with E-state index in [2.05, 4.69) is 47.7 Å². The number of carboxylic acid groups (broad SMARTS) is 1. The molecular formula is C20H31N3O2. The van der Waals surface area contributed by atoms with Crippen molar-refractivity contribution >= 4 is 5.97 Å². The average molecular weight is 345 g/mol. The Labute approximate surface area is 151 Å². The summed E-state index contributed by atoms with van der Waals surface area (Å²) < 4.78 is 0. The van der Waals surface area contributed by atoms with E-state index in [1.54, 1.807) is 0 Å². The number of nitrogens with zero attached hydrogens (tertiary/aromatic N) is 3. The fraction of sp³-hybridized carbons (Fsp3) is 0.650. The minimum atomic E-state index is -0.654. The van der Waals surface area contributed by atoms with Crippen LogP contribution < -0.4 is 0 Å². The molecule has 1 aromatic rings. The molecule has 2 aliphatic heterocycles. The van der Waals surface area contributed by atoms with Gasteiger partial charge in [0.25, 0.3) is 0 Å². The second-order valence-electron chi connectivity index (χ2n) is 7.84. The molecule has 1 atom stereocenters. The maximum absolute atomic E-state index is 11.2. The van der Waals surface area contributed by atoms with E-state index < -0.39 is 5.97 Å². The number of aliphatic carboxylic acids is 1. The van der Waals surface area contributed by atoms with Crippen molar-refractivity contribution in [2.24, 2.45) is 5.92 Å². The van der Waals surface area contributed by atoms with Gasteiger partial charge in [-0.15, -0.1) is 0 Å². The van der Waals surface area contributed by atoms with Crippen LogP contribution in [0.4, 0.5) is 0 Å². The van der Waals surface area contributed by atoms with Gasteiger partial charge in [-0.1, -0.05) is 12.1 Å². The third kappa shape index (κ3) is 4.60. The highest BCUT2D eigenvalue weighted by molar-refractivity contribution is 5.70. The SMILES string of the molecule is Cc1cc(C)c(CN2CCC(C(=O)O)C2)cc1CN1CCN(C)CC1. The van der Waals surface area contributed by atoms with Gasteiger partial charge in [0, 0.05) is 45.8 Å². The molecule has 1 aromatic carbocycles. The van der Waals surface area contributed by atoms with E-state index in [1.807, 2.05) is 0 Å². The second kappa shape index (κ2) is 7.85. The Hall–Kier alpha value is -1.43. The topological polar surface area (TPSA) is 47.0 Å². The zero-order valence-corrected chi connectivity index (χ0v) is 15.8. The molecule has 0 bridgehead atoms. The molecule has 0 aliphatic carbocycles. The Morgan fingerprint density at radius 2 is 1.60 bits per heavy atom. The third-order valence-electron chi connectivity index (χ3n) is 5.80. The first-order valence-electron chi connectivity index (χ1n) is 9.37. The van der Waals surface area contributed by atoms with Gasteiger partial charge >= 0.3 is 5.97 Å². The number of hydrogen-bond donors (Lipinski definition) is 1. The van der Waals surface area contributed by atoms with E-state index in [0.717, 1.165) is 52.2 Å². The summed E-state index contributed by atoms with van der Waals surface area (Å²) in [5, 5.41) is 9.20. The summed E-state index contributed by atoms with van der Waals surface area (Å²) in [5.41, 5.74) is 5.45. The summed E-state index contributed by atoms with van der Waals surface area (Å²) in [6.45, 7) is 12.4. The van der Waals surface area contributed by atoms with Gasteiger partial charge in [0.15, 0.2) is 0 Å². The van der Waals surface area contributed by atoms with Crippen LogP contribution >= 0.6 is 0 Å². The van der Waals surface area contributed by atoms with Crippen LogP contribution in [0.2, 0.25) is 0 Å². The standard InChI is InChI=1S/C20H31N3O2/c1-15-10-16(2)19(14-23-5-4-17(12-23)20(24)25)11-18(15)13-22-8-6-21(3)7-9-22/h10-11,17H,4-9,12-14H2,1-3H3,(H,24,25). The minimum Gasteiger partial charge on any atom is -0.481 e. The van der Waals surface area contributed by atoms with Crippen LogP contribution in [0.1, 0.15) is 28.7 Å². The van der Waals surface area contributed by atoms with Crippen molar-refractivity contribution in [1.29, 1.82) is 0 Å². The molecule has 5 heteroatoms. The highest BCUT2D eigenvalue weighted by atomic mass is 16.4. The molecule has 1 unspecified atom stereocenters. The number of likely N-dealkylation sites (tertiary alicyclic amines) is 1. The minimum absolute atomic E-state index is 0.199. The first kappa shape index (κ1) is 18.4. The molecular weight excluding hydrogens is 314 g/mol. The Morgan fingerprint density at radius 3 is 2.16 bits per heavy atom. The fourth-order valence-corrected chi connectivity index (χ4v) is 3.95. The number of rotatable bonds is 5. The second-order valence-corrected chi connectivity index (χ2v) is 7.84. The Bertz CT molecular complexity index is 624. The lowest BCUT2D eigenvalue weighted by atomic mass is 9.99. The van der Waals surface area contributed by atoms with Crippen molar-refractivity contribution in [2.45, 2.75) is 33.4 Å². The number of hydrogen-bond acceptors (Lipinski definition) is 4. The normalized spacial score (nSPS) is 23.2. The van der Waals surface area contributed by atoms with Crippen LogP contribution in [-0.4, -0.2) is 72.1 Å². The zero-order valence-electron chi connectivity index (χ0n) is 15.8. The summed E-state index contributed by atoms with van der Waals surface area (Å²) in [6.07, 6.45) is 0.772. The van der Waals surface area contributed by atoms with Crippen molar-refractivity contribution in [3.63, 3.8) is 0 Å². The number of piperazine rings is 1. The highest BCUT2D eigenvalue weighted by Gasteiger charge is 2.28. The molecule has 2 saturated heterocycles. The summed E-state index contributed by atoms with van der Waals surface area (Å²) >= 11 is 0. The maximum Gasteiger partial charge on any atom is 0.307 e. The molecule has 0 saturated carbocycles. The van der Waals surface area contributed by atoms with Gasteiger partial charge in [0.1, 0.15) is 0 Å². The monoisotopic (exact) mass is 345 g/mol. The van der Waals surface area contributed by atoms with E-state index >= 15 is 0 Å². The highest BCUT2D eigenvalue weighted by Crippen LogP contribution is 2.23. The summed E-state index contributed by atoms with van der Waals surface area (Å²) in [7, 11) is 2.19. The summed E-state index contributed by atoms with van der Waals surface area (Å²) in [6, 6.07) is 4.66. The van der Waals surface area contributed by atoms with Crippen molar-refractivity contribution in [3.8, 4) is 0 Å². The van der Waals surface area contributed by atoms with E-state index in [-0.39, 0.29) is 5.92 Å². The van der Waals surface area contributed by atoms with E-state index in [1.165, 1.54) is 22.3 Å². The molecule has 138 valence electrons. The van der Waals surface area contributed by atoms with Crippen molar-refractivity contribution in [2.75, 3.05) is 46.3 Å². The van der Waals surface area contributed by atoms with Crippen LogP contribution in [0, 0.1) is 19.8 Å². The van der Waals surface area contributed by atoms with Crippen molar-refractivity contribution in [1.82, 2.24) is 14.7 Å². The molecule has 0 radical (unpaired) electrons. The van der Waals surface area contributed by atoms with E-state index in [9.17, 15) is 9.90 Å². The number of carbonyl (C=O) groups is 1. The molecule has 5 nitrogen and oxygen atoms in total. The number of likely N-dealkylation sites (N-methyl/N-ethyl adjacent to an activating group) is 1. The molecule has 25 heavy (non-hydrogen) atoms. The van der Waals surface area contributed by atoms with Gasteiger partial charge in [-0.2, -0.15) is 0 Å². The average Bonchev–Trinajstić information content (AvgIpc) is 3.03. The van der Waals surface area contributed by atoms with Crippen LogP contribution in [0.3, 0.4) is 0 Å². The summed E-state index contributed by atoms with van der Waals surface area (Å²) in [5.74, 6) is -0.852. The lowest BCUT2D eigenvalue weighted by Crippen LogP contribution is -2.44. The van der Waals surface area contributed by atoms with E-state index in [4.69, 9.17) is 0 Å². The van der Waals surface area contributed by atoms with E-state index in [0.29, 0.717) is 6.54 Å². The first-order valence-corrected chi connectivity index (χ1v) is 9.37.